The Balaban J connectivity index is -0.0000000596. The molecule has 0 aromatic rings. The molecular weight excluding hydrogens is 400 g/mol. The highest BCUT2D eigenvalue weighted by atomic mass is 35.5. The zero-order chi connectivity index (χ0) is 19.2. The van der Waals surface area contributed by atoms with Crippen LogP contribution in [0.25, 0.3) is 0 Å². The second-order valence-electron chi connectivity index (χ2n) is 5.83. The number of halogens is 1. The van der Waals surface area contributed by atoms with Gasteiger partial charge < -0.3 is 9.94 Å². The molecule has 0 heterocycles. The van der Waals surface area contributed by atoms with Gasteiger partial charge >= 0.3 is 5.97 Å². The first kappa shape index (κ1) is 40.5. The quantitative estimate of drug-likeness (QED) is 0.617. The number of hydrogen-bond acceptors (Lipinski definition) is 5. The van der Waals surface area contributed by atoms with Crippen molar-refractivity contribution < 1.29 is 24.4 Å². The number of hydroxylamine groups is 3. The SMILES string of the molecule is CC(C)[C@H](C)C(=O)O.CNOC.CON(C)C(=O)[C@@H](C)C(C)C.Cl.S.S. The van der Waals surface area contributed by atoms with E-state index in [1.54, 1.807) is 28.1 Å². The van der Waals surface area contributed by atoms with Crippen molar-refractivity contribution in [1.29, 1.82) is 0 Å². The van der Waals surface area contributed by atoms with Crippen LogP contribution in [-0.4, -0.2) is 50.4 Å². The van der Waals surface area contributed by atoms with Crippen molar-refractivity contribution in [3.63, 3.8) is 0 Å². The molecule has 0 aromatic carbocycles. The number of carboxylic acid groups (broad SMARTS) is 1. The normalized spacial score (nSPS) is 11.1. The predicted octanol–water partition coefficient (Wildman–Crippen LogP) is 3.08. The zero-order valence-corrected chi connectivity index (χ0v) is 20.6. The highest BCUT2D eigenvalue weighted by Crippen LogP contribution is 2.12. The van der Waals surface area contributed by atoms with Gasteiger partial charge in [-0.15, -0.1) is 12.4 Å². The lowest BCUT2D eigenvalue weighted by molar-refractivity contribution is -0.174. The van der Waals surface area contributed by atoms with Gasteiger partial charge in [0.1, 0.15) is 0 Å². The van der Waals surface area contributed by atoms with E-state index in [4.69, 9.17) is 9.94 Å². The summed E-state index contributed by atoms with van der Waals surface area (Å²) in [4.78, 5) is 30.5. The first-order chi connectivity index (χ1) is 10.5. The Hall–Kier alpha value is -0.190. The van der Waals surface area contributed by atoms with E-state index in [-0.39, 0.29) is 63.1 Å². The van der Waals surface area contributed by atoms with Crippen LogP contribution in [0.3, 0.4) is 0 Å². The van der Waals surface area contributed by atoms with Crippen molar-refractivity contribution in [1.82, 2.24) is 10.5 Å². The number of carbonyl (C=O) groups excluding carboxylic acids is 1. The summed E-state index contributed by atoms with van der Waals surface area (Å²) >= 11 is 0. The highest BCUT2D eigenvalue weighted by molar-refractivity contribution is 7.59. The first-order valence-electron chi connectivity index (χ1n) is 7.71. The Morgan fingerprint density at radius 2 is 1.23 bits per heavy atom. The Labute approximate surface area is 179 Å². The third-order valence-corrected chi connectivity index (χ3v) is 3.57. The summed E-state index contributed by atoms with van der Waals surface area (Å²) in [5, 5.41) is 9.62. The Kier molecular flexibility index (Phi) is 38.6. The fourth-order valence-corrected chi connectivity index (χ4v) is 0.947. The molecule has 0 fully saturated rings. The van der Waals surface area contributed by atoms with Gasteiger partial charge in [-0.05, 0) is 11.8 Å². The van der Waals surface area contributed by atoms with Gasteiger partial charge in [0.2, 0.25) is 5.91 Å². The summed E-state index contributed by atoms with van der Waals surface area (Å²) in [5.41, 5.74) is 2.43. The molecule has 0 spiro atoms. The molecule has 164 valence electrons. The molecule has 0 aliphatic rings. The minimum absolute atomic E-state index is 0. The number of hydrogen-bond donors (Lipinski definition) is 2. The fraction of sp³-hybridized carbons (Fsp3) is 0.875. The van der Waals surface area contributed by atoms with Gasteiger partial charge in [0.15, 0.2) is 0 Å². The van der Waals surface area contributed by atoms with Crippen LogP contribution < -0.4 is 5.48 Å². The maximum atomic E-state index is 11.3. The number of nitrogens with zero attached hydrogens (tertiary/aromatic N) is 1. The van der Waals surface area contributed by atoms with E-state index in [0.29, 0.717) is 5.92 Å². The van der Waals surface area contributed by atoms with E-state index >= 15 is 0 Å². The van der Waals surface area contributed by atoms with Gasteiger partial charge in [-0.2, -0.15) is 27.0 Å². The summed E-state index contributed by atoms with van der Waals surface area (Å²) in [6.07, 6.45) is 0. The van der Waals surface area contributed by atoms with Crippen LogP contribution in [0.5, 0.6) is 0 Å². The number of aliphatic carboxylic acids is 1. The van der Waals surface area contributed by atoms with Gasteiger partial charge in [-0.3, -0.25) is 14.4 Å². The summed E-state index contributed by atoms with van der Waals surface area (Å²) in [5.74, 6) is -0.259. The van der Waals surface area contributed by atoms with E-state index in [0.717, 1.165) is 0 Å². The fourth-order valence-electron chi connectivity index (χ4n) is 0.947. The molecule has 0 aliphatic carbocycles. The molecule has 1 amide bonds. The molecule has 10 heteroatoms. The molecule has 0 bridgehead atoms. The van der Waals surface area contributed by atoms with E-state index < -0.39 is 5.97 Å². The molecular formula is C16H41ClN2O5S2. The van der Waals surface area contributed by atoms with E-state index in [1.807, 2.05) is 34.6 Å². The van der Waals surface area contributed by atoms with E-state index in [9.17, 15) is 9.59 Å². The highest BCUT2D eigenvalue weighted by Gasteiger charge is 2.20. The zero-order valence-electron chi connectivity index (χ0n) is 17.7. The third kappa shape index (κ3) is 23.8. The van der Waals surface area contributed by atoms with Crippen molar-refractivity contribution in [2.45, 2.75) is 41.5 Å². The van der Waals surface area contributed by atoms with Gasteiger partial charge in [0, 0.05) is 20.0 Å². The van der Waals surface area contributed by atoms with Crippen LogP contribution in [0.2, 0.25) is 0 Å². The molecule has 0 rings (SSSR count). The molecule has 2 atom stereocenters. The molecule has 26 heavy (non-hydrogen) atoms. The van der Waals surface area contributed by atoms with Crippen molar-refractivity contribution in [3.8, 4) is 0 Å². The standard InChI is InChI=1S/C8H17NO2.C6H12O2.C2H7NO.ClH.2H2S/c1-6(2)7(3)8(10)9(4)11-5;1-4(2)5(3)6(7)8;1-3-4-2;;;/h6-7H,1-5H3;4-5H,1-3H3,(H,7,8);3H,1-2H3;1H;2*1H2/t7-;5-;;;;/m00..../s1. The van der Waals surface area contributed by atoms with Crippen LogP contribution >= 0.6 is 39.4 Å². The molecule has 7 nitrogen and oxygen atoms in total. The van der Waals surface area contributed by atoms with Crippen LogP contribution in [-0.2, 0) is 19.3 Å². The maximum absolute atomic E-state index is 11.3. The molecule has 0 radical (unpaired) electrons. The summed E-state index contributed by atoms with van der Waals surface area (Å²) in [6.45, 7) is 11.5. The van der Waals surface area contributed by atoms with Crippen LogP contribution in [0.15, 0.2) is 0 Å². The number of nitrogens with one attached hydrogen (secondary N) is 1. The van der Waals surface area contributed by atoms with Crippen molar-refractivity contribution >= 4 is 51.3 Å². The lowest BCUT2D eigenvalue weighted by atomic mass is 9.97. The molecule has 0 saturated heterocycles. The predicted molar refractivity (Wildman–Crippen MR) is 119 cm³/mol. The molecule has 0 unspecified atom stereocenters. The number of rotatable bonds is 6. The third-order valence-electron chi connectivity index (χ3n) is 3.57. The second kappa shape index (κ2) is 24.8. The van der Waals surface area contributed by atoms with Crippen LogP contribution in [0.4, 0.5) is 0 Å². The Morgan fingerprint density at radius 3 is 1.35 bits per heavy atom. The lowest BCUT2D eigenvalue weighted by Gasteiger charge is -2.20. The van der Waals surface area contributed by atoms with Gasteiger partial charge in [-0.1, -0.05) is 41.5 Å². The smallest absolute Gasteiger partial charge is 0.306 e. The summed E-state index contributed by atoms with van der Waals surface area (Å²) < 4.78 is 0. The van der Waals surface area contributed by atoms with Crippen molar-refractivity contribution in [3.05, 3.63) is 0 Å². The number of carboxylic acids is 1. The van der Waals surface area contributed by atoms with Gasteiger partial charge in [-0.25, -0.2) is 10.5 Å². The molecule has 0 aliphatic heterocycles. The van der Waals surface area contributed by atoms with Crippen molar-refractivity contribution in [2.75, 3.05) is 28.3 Å². The minimum atomic E-state index is -0.708. The van der Waals surface area contributed by atoms with Crippen LogP contribution in [0.1, 0.15) is 41.5 Å². The van der Waals surface area contributed by atoms with E-state index in [2.05, 4.69) is 10.3 Å². The van der Waals surface area contributed by atoms with Crippen molar-refractivity contribution in [2.24, 2.45) is 23.7 Å². The average molecular weight is 441 g/mol. The largest absolute Gasteiger partial charge is 0.481 e. The maximum Gasteiger partial charge on any atom is 0.306 e. The van der Waals surface area contributed by atoms with Gasteiger partial charge in [0.25, 0.3) is 0 Å². The summed E-state index contributed by atoms with van der Waals surface area (Å²) in [7, 11) is 6.40. The average Bonchev–Trinajstić information content (AvgIpc) is 2.52. The molecule has 0 aromatic heterocycles. The Bertz CT molecular complexity index is 323. The Morgan fingerprint density at radius 1 is 0.923 bits per heavy atom. The first-order valence-corrected chi connectivity index (χ1v) is 7.71. The van der Waals surface area contributed by atoms with Gasteiger partial charge in [0.05, 0.1) is 20.1 Å². The lowest BCUT2D eigenvalue weighted by Crippen LogP contribution is -2.32. The van der Waals surface area contributed by atoms with Crippen LogP contribution in [0, 0.1) is 23.7 Å². The topological polar surface area (TPSA) is 88.1 Å². The minimum Gasteiger partial charge on any atom is -0.481 e. The molecule has 0 saturated carbocycles. The monoisotopic (exact) mass is 440 g/mol. The second-order valence-corrected chi connectivity index (χ2v) is 5.83. The molecule has 2 N–H and O–H groups in total. The summed E-state index contributed by atoms with van der Waals surface area (Å²) in [6, 6.07) is 0. The van der Waals surface area contributed by atoms with E-state index in [1.165, 1.54) is 12.2 Å². The number of amides is 1. The number of carbonyl (C=O) groups is 2.